The number of nitrogens with one attached hydrogen (secondary N) is 1. The van der Waals surface area contributed by atoms with Crippen LogP contribution in [0.2, 0.25) is 0 Å². The van der Waals surface area contributed by atoms with Gasteiger partial charge in [0.05, 0.1) is 5.54 Å². The highest BCUT2D eigenvalue weighted by Gasteiger charge is 2.38. The number of hydrogen-bond acceptors (Lipinski definition) is 6. The first-order chi connectivity index (χ1) is 11.7. The Morgan fingerprint density at radius 2 is 1.92 bits per heavy atom. The largest absolute Gasteiger partial charge is 0.490 e. The number of halogens is 4. The molecule has 0 radical (unpaired) electrons. The first kappa shape index (κ1) is 19.6. The van der Waals surface area contributed by atoms with Crippen LogP contribution in [0.3, 0.4) is 0 Å². The Labute approximate surface area is 148 Å². The maximum absolute atomic E-state index is 10.6. The van der Waals surface area contributed by atoms with E-state index in [1.54, 1.807) is 0 Å². The first-order valence-electron chi connectivity index (χ1n) is 7.18. The number of carbonyl (C=O) groups is 1. The van der Waals surface area contributed by atoms with Crippen LogP contribution < -0.4 is 5.32 Å². The molecule has 0 saturated carbocycles. The van der Waals surface area contributed by atoms with Gasteiger partial charge in [-0.3, -0.25) is 0 Å². The summed E-state index contributed by atoms with van der Waals surface area (Å²) < 4.78 is 43.8. The molecule has 1 aliphatic rings. The standard InChI is InChI=1S/C12H14BrN3O2.C2HF3O2/c1-14-12(4-6-17-7-5-12)11-16-10-8(18-11)2-3-9(13)15-10;3-2(4,5)1(6)7/h2-3,14H,4-7H2,1H3;(H,6,7). The average molecular weight is 426 g/mol. The molecule has 2 aromatic heterocycles. The van der Waals surface area contributed by atoms with Crippen molar-refractivity contribution in [3.8, 4) is 0 Å². The van der Waals surface area contributed by atoms with Crippen molar-refractivity contribution < 1.29 is 32.2 Å². The molecule has 7 nitrogen and oxygen atoms in total. The Kier molecular flexibility index (Phi) is 6.01. The van der Waals surface area contributed by atoms with Crippen molar-refractivity contribution in [2.45, 2.75) is 24.6 Å². The maximum atomic E-state index is 10.6. The van der Waals surface area contributed by atoms with E-state index in [9.17, 15) is 13.2 Å². The molecule has 0 amide bonds. The number of rotatable bonds is 2. The molecule has 1 saturated heterocycles. The smallest absolute Gasteiger partial charge is 0.475 e. The first-order valence-corrected chi connectivity index (χ1v) is 7.97. The number of aliphatic carboxylic acids is 1. The summed E-state index contributed by atoms with van der Waals surface area (Å²) >= 11 is 3.34. The van der Waals surface area contributed by atoms with E-state index in [2.05, 4.69) is 31.2 Å². The van der Waals surface area contributed by atoms with Crippen LogP contribution in [0.5, 0.6) is 0 Å². The zero-order valence-electron chi connectivity index (χ0n) is 13.1. The summed E-state index contributed by atoms with van der Waals surface area (Å²) in [6.45, 7) is 1.44. The fourth-order valence-electron chi connectivity index (χ4n) is 2.29. The van der Waals surface area contributed by atoms with Gasteiger partial charge in [0.2, 0.25) is 5.89 Å². The monoisotopic (exact) mass is 425 g/mol. The maximum Gasteiger partial charge on any atom is 0.490 e. The number of oxazole rings is 1. The number of nitrogens with zero attached hydrogens (tertiary/aromatic N) is 2. The Morgan fingerprint density at radius 3 is 2.44 bits per heavy atom. The third-order valence-electron chi connectivity index (χ3n) is 3.70. The number of ether oxygens (including phenoxy) is 1. The molecule has 0 bridgehead atoms. The molecule has 3 heterocycles. The summed E-state index contributed by atoms with van der Waals surface area (Å²) in [5, 5.41) is 10.5. The second kappa shape index (κ2) is 7.67. The van der Waals surface area contributed by atoms with E-state index in [0.29, 0.717) is 17.1 Å². The van der Waals surface area contributed by atoms with Crippen LogP contribution in [0.25, 0.3) is 11.2 Å². The normalized spacial score (nSPS) is 17.0. The molecule has 0 aromatic carbocycles. The molecule has 0 atom stereocenters. The molecule has 1 aliphatic heterocycles. The van der Waals surface area contributed by atoms with Gasteiger partial charge < -0.3 is 19.6 Å². The summed E-state index contributed by atoms with van der Waals surface area (Å²) in [5.41, 5.74) is 1.13. The van der Waals surface area contributed by atoms with Crippen LogP contribution in [0.15, 0.2) is 21.2 Å². The molecule has 138 valence electrons. The molecular formula is C14H15BrF3N3O4. The van der Waals surface area contributed by atoms with Crippen LogP contribution in [0.4, 0.5) is 13.2 Å². The number of carboxylic acids is 1. The quantitative estimate of drug-likeness (QED) is 0.713. The fraction of sp³-hybridized carbons (Fsp3) is 0.500. The zero-order valence-corrected chi connectivity index (χ0v) is 14.6. The summed E-state index contributed by atoms with van der Waals surface area (Å²) in [6, 6.07) is 3.74. The lowest BCUT2D eigenvalue weighted by Crippen LogP contribution is -2.45. The van der Waals surface area contributed by atoms with Gasteiger partial charge in [0.15, 0.2) is 11.2 Å². The highest BCUT2D eigenvalue weighted by molar-refractivity contribution is 9.10. The minimum Gasteiger partial charge on any atom is -0.475 e. The number of hydrogen-bond donors (Lipinski definition) is 2. The molecule has 11 heteroatoms. The van der Waals surface area contributed by atoms with Gasteiger partial charge in [-0.05, 0) is 48.0 Å². The molecule has 2 N–H and O–H groups in total. The third kappa shape index (κ3) is 4.67. The Bertz CT molecular complexity index is 744. The SMILES string of the molecule is CNC1(c2nc3nc(Br)ccc3o2)CCOCC1.O=C(O)C(F)(F)F. The lowest BCUT2D eigenvalue weighted by atomic mass is 9.90. The molecular weight excluding hydrogens is 411 g/mol. The van der Waals surface area contributed by atoms with E-state index >= 15 is 0 Å². The Balaban J connectivity index is 0.000000277. The van der Waals surface area contributed by atoms with Crippen LogP contribution in [0.1, 0.15) is 18.7 Å². The molecule has 3 rings (SSSR count). The molecule has 0 unspecified atom stereocenters. The van der Waals surface area contributed by atoms with Crippen LogP contribution >= 0.6 is 15.9 Å². The van der Waals surface area contributed by atoms with Crippen LogP contribution in [-0.2, 0) is 15.1 Å². The van der Waals surface area contributed by atoms with Gasteiger partial charge in [-0.25, -0.2) is 9.78 Å². The number of fused-ring (bicyclic) bond motifs is 1. The van der Waals surface area contributed by atoms with Gasteiger partial charge in [0, 0.05) is 13.2 Å². The number of alkyl halides is 3. The minimum absolute atomic E-state index is 0.231. The number of carboxylic acid groups (broad SMARTS) is 1. The van der Waals surface area contributed by atoms with Crippen LogP contribution in [0, 0.1) is 0 Å². The minimum atomic E-state index is -5.08. The van der Waals surface area contributed by atoms with Gasteiger partial charge in [-0.2, -0.15) is 18.2 Å². The number of pyridine rings is 1. The lowest BCUT2D eigenvalue weighted by Gasteiger charge is -2.33. The zero-order chi connectivity index (χ0) is 18.7. The molecule has 1 fully saturated rings. The Morgan fingerprint density at radius 1 is 1.32 bits per heavy atom. The van der Waals surface area contributed by atoms with Gasteiger partial charge in [-0.15, -0.1) is 0 Å². The van der Waals surface area contributed by atoms with Crippen molar-refractivity contribution in [3.05, 3.63) is 22.6 Å². The fourth-order valence-corrected chi connectivity index (χ4v) is 2.59. The number of aromatic nitrogens is 2. The summed E-state index contributed by atoms with van der Waals surface area (Å²) in [4.78, 5) is 17.7. The van der Waals surface area contributed by atoms with E-state index in [0.717, 1.165) is 30.7 Å². The van der Waals surface area contributed by atoms with E-state index in [4.69, 9.17) is 19.1 Å². The Hall–Kier alpha value is -1.72. The molecule has 2 aromatic rings. The van der Waals surface area contributed by atoms with Gasteiger partial charge in [0.25, 0.3) is 0 Å². The second-order valence-corrected chi connectivity index (χ2v) is 6.03. The van der Waals surface area contributed by atoms with Crippen molar-refractivity contribution in [1.82, 2.24) is 15.3 Å². The van der Waals surface area contributed by atoms with E-state index in [-0.39, 0.29) is 5.54 Å². The van der Waals surface area contributed by atoms with Crippen molar-refractivity contribution in [3.63, 3.8) is 0 Å². The van der Waals surface area contributed by atoms with E-state index < -0.39 is 12.1 Å². The molecule has 0 aliphatic carbocycles. The third-order valence-corrected chi connectivity index (χ3v) is 4.14. The van der Waals surface area contributed by atoms with Gasteiger partial charge in [0.1, 0.15) is 4.60 Å². The predicted octanol–water partition coefficient (Wildman–Crippen LogP) is 2.84. The van der Waals surface area contributed by atoms with Gasteiger partial charge >= 0.3 is 12.1 Å². The summed E-state index contributed by atoms with van der Waals surface area (Å²) in [6.07, 6.45) is -3.37. The van der Waals surface area contributed by atoms with E-state index in [1.807, 2.05) is 19.2 Å². The summed E-state index contributed by atoms with van der Waals surface area (Å²) in [5.74, 6) is -2.05. The topological polar surface area (TPSA) is 97.5 Å². The van der Waals surface area contributed by atoms with Crippen molar-refractivity contribution in [2.75, 3.05) is 20.3 Å². The lowest BCUT2D eigenvalue weighted by molar-refractivity contribution is -0.192. The van der Waals surface area contributed by atoms with Crippen LogP contribution in [-0.4, -0.2) is 47.5 Å². The molecule has 0 spiro atoms. The highest BCUT2D eigenvalue weighted by atomic mass is 79.9. The highest BCUT2D eigenvalue weighted by Crippen LogP contribution is 2.33. The second-order valence-electron chi connectivity index (χ2n) is 5.22. The van der Waals surface area contributed by atoms with Crippen molar-refractivity contribution >= 4 is 33.1 Å². The average Bonchev–Trinajstić information content (AvgIpc) is 2.99. The molecule has 25 heavy (non-hydrogen) atoms. The van der Waals surface area contributed by atoms with Crippen molar-refractivity contribution in [1.29, 1.82) is 0 Å². The van der Waals surface area contributed by atoms with E-state index in [1.165, 1.54) is 0 Å². The van der Waals surface area contributed by atoms with Gasteiger partial charge in [-0.1, -0.05) is 0 Å². The summed E-state index contributed by atoms with van der Waals surface area (Å²) in [7, 11) is 1.93. The van der Waals surface area contributed by atoms with Crippen molar-refractivity contribution in [2.24, 2.45) is 0 Å². The predicted molar refractivity (Wildman–Crippen MR) is 84.0 cm³/mol.